The SMILES string of the molecule is NS(=O)(=O)c1cccc(NC(=O)COC(=O)CNS(=O)(=O)C=Cc2ccccc2)c1. The molecule has 160 valence electrons. The lowest BCUT2D eigenvalue weighted by molar-refractivity contribution is -0.146. The van der Waals surface area contributed by atoms with Gasteiger partial charge in [0.15, 0.2) is 6.61 Å². The van der Waals surface area contributed by atoms with Crippen molar-refractivity contribution < 1.29 is 31.2 Å². The van der Waals surface area contributed by atoms with E-state index < -0.39 is 45.1 Å². The minimum Gasteiger partial charge on any atom is -0.455 e. The highest BCUT2D eigenvalue weighted by Crippen LogP contribution is 2.13. The van der Waals surface area contributed by atoms with Gasteiger partial charge in [-0.05, 0) is 29.8 Å². The van der Waals surface area contributed by atoms with E-state index in [0.717, 1.165) is 11.5 Å². The normalized spacial score (nSPS) is 11.9. The van der Waals surface area contributed by atoms with Gasteiger partial charge in [-0.2, -0.15) is 0 Å². The van der Waals surface area contributed by atoms with Crippen LogP contribution in [0.1, 0.15) is 5.56 Å². The molecule has 30 heavy (non-hydrogen) atoms. The number of benzene rings is 2. The molecule has 12 heteroatoms. The summed E-state index contributed by atoms with van der Waals surface area (Å²) in [7, 11) is -7.82. The third kappa shape index (κ3) is 8.13. The van der Waals surface area contributed by atoms with Crippen molar-refractivity contribution in [3.63, 3.8) is 0 Å². The zero-order valence-corrected chi connectivity index (χ0v) is 17.1. The van der Waals surface area contributed by atoms with Crippen LogP contribution in [0.15, 0.2) is 64.9 Å². The first-order valence-electron chi connectivity index (χ1n) is 8.36. The summed E-state index contributed by atoms with van der Waals surface area (Å²) in [6.45, 7) is -1.37. The molecule has 0 bridgehead atoms. The molecule has 1 amide bonds. The van der Waals surface area contributed by atoms with Crippen LogP contribution in [-0.4, -0.2) is 41.9 Å². The van der Waals surface area contributed by atoms with Gasteiger partial charge in [-0.3, -0.25) is 9.59 Å². The highest BCUT2D eigenvalue weighted by atomic mass is 32.2. The van der Waals surface area contributed by atoms with Gasteiger partial charge in [-0.25, -0.2) is 26.7 Å². The largest absolute Gasteiger partial charge is 0.455 e. The fourth-order valence-electron chi connectivity index (χ4n) is 2.08. The molecule has 0 heterocycles. The van der Waals surface area contributed by atoms with E-state index in [1.54, 1.807) is 30.3 Å². The molecule has 0 aliphatic carbocycles. The molecule has 2 rings (SSSR count). The van der Waals surface area contributed by atoms with E-state index >= 15 is 0 Å². The van der Waals surface area contributed by atoms with Crippen LogP contribution in [0.4, 0.5) is 5.69 Å². The van der Waals surface area contributed by atoms with Gasteiger partial charge in [0, 0.05) is 11.1 Å². The van der Waals surface area contributed by atoms with E-state index in [4.69, 9.17) is 5.14 Å². The van der Waals surface area contributed by atoms with Crippen molar-refractivity contribution in [1.29, 1.82) is 0 Å². The second-order valence-corrected chi connectivity index (χ2v) is 9.07. The number of carbonyl (C=O) groups excluding carboxylic acids is 2. The summed E-state index contributed by atoms with van der Waals surface area (Å²) in [5, 5.41) is 8.25. The molecular weight excluding hydrogens is 434 g/mol. The second-order valence-electron chi connectivity index (χ2n) is 5.86. The number of sulfonamides is 2. The minimum atomic E-state index is -3.94. The third-order valence-electron chi connectivity index (χ3n) is 3.47. The molecule has 0 fully saturated rings. The average molecular weight is 453 g/mol. The molecule has 0 saturated carbocycles. The number of hydrogen-bond donors (Lipinski definition) is 3. The molecule has 0 aromatic heterocycles. The van der Waals surface area contributed by atoms with Gasteiger partial charge in [0.2, 0.25) is 20.0 Å². The van der Waals surface area contributed by atoms with Crippen LogP contribution in [0.3, 0.4) is 0 Å². The summed E-state index contributed by atoms with van der Waals surface area (Å²) in [4.78, 5) is 23.3. The molecule has 10 nitrogen and oxygen atoms in total. The Balaban J connectivity index is 1.80. The maximum atomic E-state index is 11.9. The van der Waals surface area contributed by atoms with Crippen LogP contribution in [-0.2, 0) is 34.4 Å². The fourth-order valence-corrected chi connectivity index (χ4v) is 3.40. The number of nitrogens with two attached hydrogens (primary N) is 1. The molecule has 0 radical (unpaired) electrons. The first-order chi connectivity index (χ1) is 14.0. The number of primary sulfonamides is 1. The summed E-state index contributed by atoms with van der Waals surface area (Å²) < 4.78 is 53.0. The van der Waals surface area contributed by atoms with Gasteiger partial charge in [-0.15, -0.1) is 0 Å². The Morgan fingerprint density at radius 1 is 1.00 bits per heavy atom. The number of esters is 1. The van der Waals surface area contributed by atoms with Crippen LogP contribution in [0.25, 0.3) is 6.08 Å². The lowest BCUT2D eigenvalue weighted by Gasteiger charge is -2.08. The van der Waals surface area contributed by atoms with E-state index in [-0.39, 0.29) is 10.6 Å². The number of amides is 1. The number of nitrogens with one attached hydrogen (secondary N) is 2. The molecule has 0 saturated heterocycles. The van der Waals surface area contributed by atoms with Crippen molar-refractivity contribution in [2.75, 3.05) is 18.5 Å². The topological polar surface area (TPSA) is 162 Å². The number of carbonyl (C=O) groups is 2. The van der Waals surface area contributed by atoms with Gasteiger partial charge in [0.1, 0.15) is 6.54 Å². The van der Waals surface area contributed by atoms with Gasteiger partial charge in [0.25, 0.3) is 5.91 Å². The maximum Gasteiger partial charge on any atom is 0.321 e. The van der Waals surface area contributed by atoms with Crippen LogP contribution in [0.2, 0.25) is 0 Å². The lowest BCUT2D eigenvalue weighted by Crippen LogP contribution is -2.31. The summed E-state index contributed by atoms with van der Waals surface area (Å²) in [6.07, 6.45) is 1.36. The molecule has 0 atom stereocenters. The minimum absolute atomic E-state index is 0.134. The number of anilines is 1. The molecule has 0 aliphatic rings. The van der Waals surface area contributed by atoms with E-state index in [1.165, 1.54) is 24.3 Å². The molecule has 0 unspecified atom stereocenters. The Labute approximate surface area is 173 Å². The average Bonchev–Trinajstić information content (AvgIpc) is 2.70. The van der Waals surface area contributed by atoms with Crippen molar-refractivity contribution in [1.82, 2.24) is 4.72 Å². The Kier molecular flexibility index (Phi) is 7.83. The monoisotopic (exact) mass is 453 g/mol. The lowest BCUT2D eigenvalue weighted by atomic mass is 10.2. The van der Waals surface area contributed by atoms with Crippen LogP contribution in [0, 0.1) is 0 Å². The van der Waals surface area contributed by atoms with Gasteiger partial charge in [-0.1, -0.05) is 36.4 Å². The fraction of sp³-hybridized carbons (Fsp3) is 0.111. The van der Waals surface area contributed by atoms with Crippen molar-refractivity contribution in [3.05, 3.63) is 65.6 Å². The van der Waals surface area contributed by atoms with E-state index in [9.17, 15) is 26.4 Å². The second kappa shape index (κ2) is 10.1. The number of hydrogen-bond acceptors (Lipinski definition) is 7. The van der Waals surface area contributed by atoms with Crippen molar-refractivity contribution in [2.24, 2.45) is 5.14 Å². The summed E-state index contributed by atoms with van der Waals surface area (Å²) >= 11 is 0. The quantitative estimate of drug-likeness (QED) is 0.463. The summed E-state index contributed by atoms with van der Waals surface area (Å²) in [6, 6.07) is 13.9. The predicted octanol–water partition coefficient (Wildman–Crippen LogP) is 0.406. The third-order valence-corrected chi connectivity index (χ3v) is 5.42. The zero-order valence-electron chi connectivity index (χ0n) is 15.5. The predicted molar refractivity (Wildman–Crippen MR) is 110 cm³/mol. The Morgan fingerprint density at radius 3 is 2.37 bits per heavy atom. The molecule has 2 aromatic carbocycles. The maximum absolute atomic E-state index is 11.9. The molecule has 0 aliphatic heterocycles. The van der Waals surface area contributed by atoms with Gasteiger partial charge >= 0.3 is 5.97 Å². The molecule has 0 spiro atoms. The molecular formula is C18H19N3O7S2. The zero-order chi connectivity index (χ0) is 22.2. The first kappa shape index (κ1) is 23.2. The first-order valence-corrected chi connectivity index (χ1v) is 11.5. The number of rotatable bonds is 9. The van der Waals surface area contributed by atoms with Crippen molar-refractivity contribution in [2.45, 2.75) is 4.90 Å². The Hall–Kier alpha value is -3.06. The Bertz CT molecular complexity index is 1150. The molecule has 4 N–H and O–H groups in total. The number of ether oxygens (including phenoxy) is 1. The van der Waals surface area contributed by atoms with Gasteiger partial charge in [0.05, 0.1) is 4.90 Å². The van der Waals surface area contributed by atoms with Crippen LogP contribution in [0.5, 0.6) is 0 Å². The Morgan fingerprint density at radius 2 is 1.70 bits per heavy atom. The van der Waals surface area contributed by atoms with Gasteiger partial charge < -0.3 is 10.1 Å². The molecule has 2 aromatic rings. The van der Waals surface area contributed by atoms with Crippen LogP contribution >= 0.6 is 0 Å². The smallest absolute Gasteiger partial charge is 0.321 e. The van der Waals surface area contributed by atoms with E-state index in [2.05, 4.69) is 10.1 Å². The summed E-state index contributed by atoms with van der Waals surface area (Å²) in [5.41, 5.74) is 0.794. The highest BCUT2D eigenvalue weighted by molar-refractivity contribution is 7.92. The van der Waals surface area contributed by atoms with E-state index in [0.29, 0.717) is 5.56 Å². The highest BCUT2D eigenvalue weighted by Gasteiger charge is 2.13. The van der Waals surface area contributed by atoms with E-state index in [1.807, 2.05) is 4.72 Å². The van der Waals surface area contributed by atoms with Crippen molar-refractivity contribution >= 4 is 43.7 Å². The van der Waals surface area contributed by atoms with Crippen LogP contribution < -0.4 is 15.2 Å². The summed E-state index contributed by atoms with van der Waals surface area (Å²) in [5.74, 6) is -1.72. The standard InChI is InChI=1S/C18H19N3O7S2/c19-30(26,27)16-8-4-7-15(11-16)21-17(22)13-28-18(23)12-20-29(24,25)10-9-14-5-2-1-3-6-14/h1-11,20H,12-13H2,(H,21,22)(H2,19,26,27). The van der Waals surface area contributed by atoms with Crippen molar-refractivity contribution in [3.8, 4) is 0 Å².